The predicted molar refractivity (Wildman–Crippen MR) is 22.2 cm³/mol. The van der Waals surface area contributed by atoms with Crippen LogP contribution in [0.3, 0.4) is 0 Å². The quantitative estimate of drug-likeness (QED) is 0.406. The average molecular weight is 80.1 g/mol. The van der Waals surface area contributed by atoms with Gasteiger partial charge in [0.25, 0.3) is 0 Å². The van der Waals surface area contributed by atoms with Gasteiger partial charge in [0.15, 0.2) is 0 Å². The van der Waals surface area contributed by atoms with Gasteiger partial charge < -0.3 is 0 Å². The predicted octanol–water partition coefficient (Wildman–Crippen LogP) is 0.409. The maximum Gasteiger partial charge on any atom is 0.108 e. The molecule has 6 heavy (non-hydrogen) atoms. The van der Waals surface area contributed by atoms with E-state index in [1.165, 1.54) is 6.08 Å². The van der Waals surface area contributed by atoms with Gasteiger partial charge in [-0.15, -0.1) is 6.42 Å². The molecule has 30 valence electrons. The van der Waals surface area contributed by atoms with Gasteiger partial charge in [0, 0.05) is 0 Å². The molecule has 0 aromatic heterocycles. The van der Waals surface area contributed by atoms with E-state index in [9.17, 15) is 5.11 Å². The molecule has 2 radical (unpaired) electrons. The van der Waals surface area contributed by atoms with Crippen molar-refractivity contribution in [3.63, 3.8) is 0 Å². The zero-order valence-corrected chi connectivity index (χ0v) is 3.27. The topological polar surface area (TPSA) is 19.9 Å². The summed E-state index contributed by atoms with van der Waals surface area (Å²) < 4.78 is 0. The van der Waals surface area contributed by atoms with Crippen molar-refractivity contribution in [2.45, 2.75) is 0 Å². The minimum Gasteiger partial charge on any atom is -0.232 e. The molecular weight excluding hydrogens is 76.1 g/mol. The standard InChI is InChI=1S/C5H4O/c1-2-3-4-5-6/h1,3H,5H2. The van der Waals surface area contributed by atoms with E-state index in [1.54, 1.807) is 0 Å². The fraction of sp³-hybridized carbons (Fsp3) is 0.200. The van der Waals surface area contributed by atoms with E-state index in [-0.39, 0.29) is 6.61 Å². The molecule has 0 saturated heterocycles. The van der Waals surface area contributed by atoms with E-state index >= 15 is 0 Å². The number of terminal acetylenes is 1. The van der Waals surface area contributed by atoms with Crippen LogP contribution < -0.4 is 0 Å². The van der Waals surface area contributed by atoms with Gasteiger partial charge in [-0.3, -0.25) is 0 Å². The molecular formula is C5H4O. The Kier molecular flexibility index (Phi) is 3.73. The van der Waals surface area contributed by atoms with E-state index in [4.69, 9.17) is 6.42 Å². The third kappa shape index (κ3) is 3.26. The molecule has 0 atom stereocenters. The van der Waals surface area contributed by atoms with Gasteiger partial charge in [0.05, 0.1) is 0 Å². The molecule has 0 fully saturated rings. The summed E-state index contributed by atoms with van der Waals surface area (Å²) in [5, 5.41) is 9.45. The Balaban J connectivity index is 3.02. The highest BCUT2D eigenvalue weighted by atomic mass is 16.2. The van der Waals surface area contributed by atoms with E-state index < -0.39 is 0 Å². The maximum atomic E-state index is 9.45. The number of hydrogen-bond donors (Lipinski definition) is 0. The highest BCUT2D eigenvalue weighted by Gasteiger charge is 1.60. The molecule has 0 heterocycles. The molecule has 0 amide bonds. The average Bonchev–Trinajstić information content (AvgIpc) is 1.61. The number of hydrogen-bond acceptors (Lipinski definition) is 0. The Bertz CT molecular complexity index is 76.4. The first-order valence-electron chi connectivity index (χ1n) is 1.51. The van der Waals surface area contributed by atoms with Crippen molar-refractivity contribution in [1.82, 2.24) is 0 Å². The van der Waals surface area contributed by atoms with E-state index in [0.717, 1.165) is 0 Å². The van der Waals surface area contributed by atoms with Crippen LogP contribution in [0.4, 0.5) is 0 Å². The van der Waals surface area contributed by atoms with Crippen LogP contribution in [-0.2, 0) is 5.11 Å². The van der Waals surface area contributed by atoms with Crippen molar-refractivity contribution in [3.8, 4) is 12.3 Å². The second-order valence-corrected chi connectivity index (χ2v) is 0.659. The summed E-state index contributed by atoms with van der Waals surface area (Å²) in [6.45, 7) is -0.343. The highest BCUT2D eigenvalue weighted by Crippen LogP contribution is 1.60. The second kappa shape index (κ2) is 4.26. The summed E-state index contributed by atoms with van der Waals surface area (Å²) in [6.07, 6.45) is 8.26. The van der Waals surface area contributed by atoms with Gasteiger partial charge in [-0.05, 0) is 12.2 Å². The smallest absolute Gasteiger partial charge is 0.108 e. The van der Waals surface area contributed by atoms with E-state index in [1.807, 2.05) is 0 Å². The van der Waals surface area contributed by atoms with Crippen LogP contribution in [0.25, 0.3) is 0 Å². The molecule has 0 spiro atoms. The van der Waals surface area contributed by atoms with Gasteiger partial charge in [0.1, 0.15) is 6.61 Å². The normalized spacial score (nSPS) is 8.67. The Morgan fingerprint density at radius 2 is 2.50 bits per heavy atom. The van der Waals surface area contributed by atoms with Crippen LogP contribution >= 0.6 is 0 Å². The molecule has 0 saturated carbocycles. The molecule has 0 N–H and O–H groups in total. The Hall–Kier alpha value is -0.740. The highest BCUT2D eigenvalue weighted by molar-refractivity contribution is 5.05. The minimum atomic E-state index is -0.343. The van der Waals surface area contributed by atoms with Crippen molar-refractivity contribution >= 4 is 0 Å². The molecule has 0 aromatic carbocycles. The third-order valence-corrected chi connectivity index (χ3v) is 0.269. The summed E-state index contributed by atoms with van der Waals surface area (Å²) >= 11 is 0. The van der Waals surface area contributed by atoms with Crippen molar-refractivity contribution < 1.29 is 5.11 Å². The third-order valence-electron chi connectivity index (χ3n) is 0.269. The summed E-state index contributed by atoms with van der Waals surface area (Å²) in [5.41, 5.74) is 0. The lowest BCUT2D eigenvalue weighted by Gasteiger charge is -1.61. The molecule has 0 unspecified atom stereocenters. The first-order chi connectivity index (χ1) is 2.91. The van der Waals surface area contributed by atoms with Crippen LogP contribution in [-0.4, -0.2) is 6.61 Å². The van der Waals surface area contributed by atoms with Gasteiger partial charge in [-0.2, -0.15) is 0 Å². The largest absolute Gasteiger partial charge is 0.232 e. The zero-order valence-electron chi connectivity index (χ0n) is 3.27. The van der Waals surface area contributed by atoms with Crippen molar-refractivity contribution in [3.05, 3.63) is 12.2 Å². The Morgan fingerprint density at radius 1 is 1.83 bits per heavy atom. The SMILES string of the molecule is C#C/C=[C]/C[O]. The number of allylic oxidation sites excluding steroid dienone is 1. The van der Waals surface area contributed by atoms with Crippen molar-refractivity contribution in [2.75, 3.05) is 6.61 Å². The van der Waals surface area contributed by atoms with Crippen molar-refractivity contribution in [1.29, 1.82) is 0 Å². The molecule has 0 aliphatic heterocycles. The zero-order chi connectivity index (χ0) is 4.83. The molecule has 1 nitrogen and oxygen atoms in total. The summed E-state index contributed by atoms with van der Waals surface area (Å²) in [4.78, 5) is 0. The van der Waals surface area contributed by atoms with E-state index in [0.29, 0.717) is 0 Å². The van der Waals surface area contributed by atoms with Gasteiger partial charge in [0.2, 0.25) is 0 Å². The summed E-state index contributed by atoms with van der Waals surface area (Å²) in [7, 11) is 0. The monoisotopic (exact) mass is 80.0 g/mol. The van der Waals surface area contributed by atoms with Crippen LogP contribution in [0.1, 0.15) is 0 Å². The van der Waals surface area contributed by atoms with Gasteiger partial charge in [-0.1, -0.05) is 5.92 Å². The van der Waals surface area contributed by atoms with Gasteiger partial charge >= 0.3 is 0 Å². The maximum absolute atomic E-state index is 9.45. The van der Waals surface area contributed by atoms with Crippen LogP contribution in [0.2, 0.25) is 0 Å². The van der Waals surface area contributed by atoms with Gasteiger partial charge in [-0.25, -0.2) is 5.11 Å². The second-order valence-electron chi connectivity index (χ2n) is 0.659. The van der Waals surface area contributed by atoms with E-state index in [2.05, 4.69) is 12.0 Å². The Labute approximate surface area is 37.3 Å². The molecule has 0 aliphatic rings. The summed E-state index contributed by atoms with van der Waals surface area (Å²) in [5.74, 6) is 2.13. The first-order valence-corrected chi connectivity index (χ1v) is 1.51. The lowest BCUT2D eigenvalue weighted by atomic mass is 10.5. The number of rotatable bonds is 1. The lowest BCUT2D eigenvalue weighted by molar-refractivity contribution is 0.227. The van der Waals surface area contributed by atoms with Crippen molar-refractivity contribution in [2.24, 2.45) is 0 Å². The lowest BCUT2D eigenvalue weighted by Crippen LogP contribution is -1.64. The van der Waals surface area contributed by atoms with Crippen LogP contribution in [0, 0.1) is 18.4 Å². The fourth-order valence-electron chi connectivity index (χ4n) is 0.101. The molecule has 0 aromatic rings. The molecule has 0 aliphatic carbocycles. The fourth-order valence-corrected chi connectivity index (χ4v) is 0.101. The first kappa shape index (κ1) is 5.26. The molecule has 0 bridgehead atoms. The van der Waals surface area contributed by atoms with Crippen LogP contribution in [0.5, 0.6) is 0 Å². The Morgan fingerprint density at radius 3 is 2.67 bits per heavy atom. The molecule has 1 heteroatoms. The van der Waals surface area contributed by atoms with Crippen LogP contribution in [0.15, 0.2) is 6.08 Å². The summed E-state index contributed by atoms with van der Waals surface area (Å²) in [6, 6.07) is 0. The molecule has 0 rings (SSSR count). The minimum absolute atomic E-state index is 0.343.